The minimum Gasteiger partial charge on any atom is -0.368 e. The van der Waals surface area contributed by atoms with Crippen molar-refractivity contribution in [2.45, 2.75) is 26.3 Å². The fourth-order valence-electron chi connectivity index (χ4n) is 1.73. The Morgan fingerprint density at radius 2 is 2.07 bits per heavy atom. The highest BCUT2D eigenvalue weighted by atomic mass is 32.2. The van der Waals surface area contributed by atoms with Gasteiger partial charge in [-0.2, -0.15) is 4.31 Å². The van der Waals surface area contributed by atoms with Gasteiger partial charge < -0.3 is 5.73 Å². The van der Waals surface area contributed by atoms with Crippen LogP contribution >= 0.6 is 0 Å². The van der Waals surface area contributed by atoms with E-state index in [0.717, 1.165) is 10.6 Å². The average Bonchev–Trinajstić information content (AvgIpc) is 1.99. The molecule has 6 heteroatoms. The Hall–Kier alpha value is -0.620. The fraction of sp³-hybridized carbons (Fsp3) is 0.778. The topological polar surface area (TPSA) is 80.5 Å². The van der Waals surface area contributed by atoms with E-state index < -0.39 is 22.0 Å². The van der Waals surface area contributed by atoms with Crippen LogP contribution in [0.3, 0.4) is 0 Å². The third-order valence-corrected chi connectivity index (χ3v) is 3.87. The second-order valence-electron chi connectivity index (χ2n) is 4.63. The molecule has 1 atom stereocenters. The molecule has 1 aliphatic heterocycles. The first-order valence-corrected chi connectivity index (χ1v) is 6.60. The standard InChI is InChI=1S/C9H17N2O3S/c1-9(2)4-5-11(15(3,13)14)7(6-9)8(10)12/h6-7H,4-5H2,1-3H3,(H2,10,12). The first-order valence-electron chi connectivity index (χ1n) is 4.76. The van der Waals surface area contributed by atoms with E-state index in [4.69, 9.17) is 5.73 Å². The van der Waals surface area contributed by atoms with Crippen LogP contribution in [0.5, 0.6) is 0 Å². The van der Waals surface area contributed by atoms with E-state index in [1.807, 2.05) is 13.8 Å². The van der Waals surface area contributed by atoms with E-state index in [1.165, 1.54) is 0 Å². The Labute approximate surface area is 90.7 Å². The molecule has 5 nitrogen and oxygen atoms in total. The Bertz CT molecular complexity index is 362. The maximum absolute atomic E-state index is 11.4. The predicted molar refractivity (Wildman–Crippen MR) is 57.2 cm³/mol. The summed E-state index contributed by atoms with van der Waals surface area (Å²) >= 11 is 0. The van der Waals surface area contributed by atoms with Crippen molar-refractivity contribution in [1.29, 1.82) is 0 Å². The molecule has 1 saturated heterocycles. The van der Waals surface area contributed by atoms with Crippen LogP contribution < -0.4 is 5.73 Å². The van der Waals surface area contributed by atoms with Crippen molar-refractivity contribution in [3.63, 3.8) is 0 Å². The van der Waals surface area contributed by atoms with Gasteiger partial charge in [-0.05, 0) is 18.3 Å². The zero-order valence-electron chi connectivity index (χ0n) is 9.23. The van der Waals surface area contributed by atoms with Crippen molar-refractivity contribution >= 4 is 15.9 Å². The zero-order chi connectivity index (χ0) is 11.9. The number of rotatable bonds is 2. The van der Waals surface area contributed by atoms with Gasteiger partial charge in [0.05, 0.1) is 6.26 Å². The van der Waals surface area contributed by atoms with Gasteiger partial charge in [0.1, 0.15) is 6.04 Å². The molecule has 0 aromatic heterocycles. The van der Waals surface area contributed by atoms with Crippen molar-refractivity contribution in [3.05, 3.63) is 6.42 Å². The minimum absolute atomic E-state index is 0.152. The summed E-state index contributed by atoms with van der Waals surface area (Å²) < 4.78 is 24.0. The summed E-state index contributed by atoms with van der Waals surface area (Å²) in [6.07, 6.45) is 3.50. The molecule has 1 radical (unpaired) electrons. The van der Waals surface area contributed by atoms with Gasteiger partial charge in [-0.1, -0.05) is 13.8 Å². The van der Waals surface area contributed by atoms with E-state index >= 15 is 0 Å². The second kappa shape index (κ2) is 3.75. The number of carbonyl (C=O) groups excluding carboxylic acids is 1. The molecule has 1 amide bonds. The quantitative estimate of drug-likeness (QED) is 0.713. The molecule has 0 aromatic rings. The van der Waals surface area contributed by atoms with E-state index in [9.17, 15) is 13.2 Å². The van der Waals surface area contributed by atoms with Gasteiger partial charge >= 0.3 is 0 Å². The lowest BCUT2D eigenvalue weighted by atomic mass is 9.79. The van der Waals surface area contributed by atoms with Gasteiger partial charge in [0, 0.05) is 6.54 Å². The summed E-state index contributed by atoms with van der Waals surface area (Å²) in [5.41, 5.74) is 5.05. The van der Waals surface area contributed by atoms with Crippen molar-refractivity contribution in [3.8, 4) is 0 Å². The number of piperidine rings is 1. The number of primary amides is 1. The van der Waals surface area contributed by atoms with E-state index in [1.54, 1.807) is 6.42 Å². The Balaban J connectivity index is 2.97. The van der Waals surface area contributed by atoms with Crippen LogP contribution in [0.25, 0.3) is 0 Å². The lowest BCUT2D eigenvalue weighted by Gasteiger charge is -2.40. The molecule has 0 aliphatic carbocycles. The molecule has 15 heavy (non-hydrogen) atoms. The molecule has 1 rings (SSSR count). The predicted octanol–water partition coefficient (Wildman–Crippen LogP) is -0.264. The summed E-state index contributed by atoms with van der Waals surface area (Å²) in [6, 6.07) is -0.816. The van der Waals surface area contributed by atoms with Gasteiger partial charge in [-0.25, -0.2) is 8.42 Å². The number of nitrogens with two attached hydrogens (primary N) is 1. The molecular weight excluding hydrogens is 216 g/mol. The minimum atomic E-state index is -3.37. The second-order valence-corrected chi connectivity index (χ2v) is 6.56. The van der Waals surface area contributed by atoms with Gasteiger partial charge in [-0.3, -0.25) is 4.79 Å². The lowest BCUT2D eigenvalue weighted by molar-refractivity contribution is -0.121. The van der Waals surface area contributed by atoms with Crippen LogP contribution in [0.4, 0.5) is 0 Å². The molecule has 2 N–H and O–H groups in total. The first kappa shape index (κ1) is 12.4. The molecule has 0 saturated carbocycles. The van der Waals surface area contributed by atoms with Gasteiger partial charge in [0.25, 0.3) is 0 Å². The average molecular weight is 233 g/mol. The van der Waals surface area contributed by atoms with Gasteiger partial charge in [-0.15, -0.1) is 0 Å². The molecule has 87 valence electrons. The highest BCUT2D eigenvalue weighted by molar-refractivity contribution is 7.88. The maximum Gasteiger partial charge on any atom is 0.236 e. The summed E-state index contributed by atoms with van der Waals surface area (Å²) in [7, 11) is -3.37. The molecule has 1 aliphatic rings. The molecule has 1 heterocycles. The Morgan fingerprint density at radius 3 is 2.47 bits per heavy atom. The monoisotopic (exact) mass is 233 g/mol. The molecule has 0 spiro atoms. The number of hydrogen-bond acceptors (Lipinski definition) is 3. The smallest absolute Gasteiger partial charge is 0.236 e. The van der Waals surface area contributed by atoms with Crippen molar-refractivity contribution in [1.82, 2.24) is 4.31 Å². The third-order valence-electron chi connectivity index (χ3n) is 2.61. The van der Waals surface area contributed by atoms with Crippen molar-refractivity contribution in [2.75, 3.05) is 12.8 Å². The van der Waals surface area contributed by atoms with E-state index in [-0.39, 0.29) is 5.41 Å². The molecule has 0 bridgehead atoms. The van der Waals surface area contributed by atoms with E-state index in [2.05, 4.69) is 0 Å². The van der Waals surface area contributed by atoms with Crippen LogP contribution in [0.1, 0.15) is 20.3 Å². The molecule has 1 unspecified atom stereocenters. The number of amides is 1. The van der Waals surface area contributed by atoms with Gasteiger partial charge in [0.15, 0.2) is 0 Å². The SMILES string of the molecule is CC1(C)[CH]C(C(N)=O)N(S(C)(=O)=O)CC1. The highest BCUT2D eigenvalue weighted by Gasteiger charge is 2.40. The van der Waals surface area contributed by atoms with E-state index in [0.29, 0.717) is 13.0 Å². The number of carbonyl (C=O) groups is 1. The van der Waals surface area contributed by atoms with Crippen LogP contribution in [0.2, 0.25) is 0 Å². The number of hydrogen-bond donors (Lipinski definition) is 1. The van der Waals surface area contributed by atoms with Gasteiger partial charge in [0.2, 0.25) is 15.9 Å². The first-order chi connectivity index (χ1) is 6.63. The maximum atomic E-state index is 11.4. The normalized spacial score (nSPS) is 27.5. The lowest BCUT2D eigenvalue weighted by Crippen LogP contribution is -2.54. The zero-order valence-corrected chi connectivity index (χ0v) is 10.0. The summed E-state index contributed by atoms with van der Waals surface area (Å²) in [6.45, 7) is 4.26. The summed E-state index contributed by atoms with van der Waals surface area (Å²) in [5.74, 6) is -0.617. The third kappa shape index (κ3) is 2.92. The Kier molecular flexibility index (Phi) is 3.11. The Morgan fingerprint density at radius 1 is 1.53 bits per heavy atom. The fourth-order valence-corrected chi connectivity index (χ4v) is 2.73. The molecule has 0 aromatic carbocycles. The van der Waals surface area contributed by atoms with Crippen molar-refractivity contribution in [2.24, 2.45) is 11.1 Å². The number of nitrogens with zero attached hydrogens (tertiary/aromatic N) is 1. The van der Waals surface area contributed by atoms with Crippen molar-refractivity contribution < 1.29 is 13.2 Å². The highest BCUT2D eigenvalue weighted by Crippen LogP contribution is 2.33. The van der Waals surface area contributed by atoms with Crippen LogP contribution in [-0.4, -0.2) is 37.5 Å². The summed E-state index contributed by atoms with van der Waals surface area (Å²) in [4.78, 5) is 11.2. The number of sulfonamides is 1. The molecule has 1 fully saturated rings. The summed E-state index contributed by atoms with van der Waals surface area (Å²) in [5, 5.41) is 0. The van der Waals surface area contributed by atoms with Crippen LogP contribution in [0.15, 0.2) is 0 Å². The van der Waals surface area contributed by atoms with Crippen LogP contribution in [-0.2, 0) is 14.8 Å². The molecular formula is C9H17N2O3S. The van der Waals surface area contributed by atoms with Crippen LogP contribution in [0, 0.1) is 11.8 Å². The largest absolute Gasteiger partial charge is 0.368 e.